The van der Waals surface area contributed by atoms with Crippen molar-refractivity contribution < 1.29 is 9.53 Å². The Bertz CT molecular complexity index is 696. The first kappa shape index (κ1) is 16.6. The molecule has 0 aliphatic carbocycles. The van der Waals surface area contributed by atoms with Crippen LogP contribution in [0.15, 0.2) is 34.4 Å². The summed E-state index contributed by atoms with van der Waals surface area (Å²) in [6, 6.07) is 8.09. The van der Waals surface area contributed by atoms with Gasteiger partial charge in [-0.15, -0.1) is 0 Å². The van der Waals surface area contributed by atoms with Gasteiger partial charge in [-0.1, -0.05) is 23.9 Å². The molecule has 1 atom stereocenters. The van der Waals surface area contributed by atoms with Crippen LogP contribution in [0, 0.1) is 0 Å². The second-order valence-corrected chi connectivity index (χ2v) is 7.40. The summed E-state index contributed by atoms with van der Waals surface area (Å²) < 4.78 is 5.59. The summed E-state index contributed by atoms with van der Waals surface area (Å²) in [6.45, 7) is 2.39. The topological polar surface area (TPSA) is 66.3 Å². The zero-order valence-corrected chi connectivity index (χ0v) is 14.9. The summed E-state index contributed by atoms with van der Waals surface area (Å²) in [5.74, 6) is 1.01. The van der Waals surface area contributed by atoms with Crippen LogP contribution in [0.5, 0.6) is 0 Å². The Labute approximate surface area is 151 Å². The van der Waals surface area contributed by atoms with E-state index in [9.17, 15) is 4.79 Å². The number of nitrogens with zero attached hydrogens (tertiary/aromatic N) is 3. The maximum Gasteiger partial charge on any atom is 0.227 e. The molecule has 0 aromatic heterocycles. The van der Waals surface area contributed by atoms with Crippen LogP contribution in [0.4, 0.5) is 5.69 Å². The van der Waals surface area contributed by atoms with Gasteiger partial charge in [0.25, 0.3) is 0 Å². The maximum atomic E-state index is 11.8. The second-order valence-electron chi connectivity index (χ2n) is 6.44. The molecule has 3 aliphatic heterocycles. The number of hydrogen-bond donors (Lipinski definition) is 1. The van der Waals surface area contributed by atoms with E-state index in [4.69, 9.17) is 4.74 Å². The fourth-order valence-corrected chi connectivity index (χ4v) is 4.05. The highest BCUT2D eigenvalue weighted by molar-refractivity contribution is 8.14. The van der Waals surface area contributed by atoms with Gasteiger partial charge in [-0.3, -0.25) is 15.2 Å². The standard InChI is InChI=1S/C18H22N4O2S/c23-17-4-1-9-22(17)14-7-5-13(6-8-14)16-12-25-18(21-20-16)19-11-15-3-2-10-24-15/h5-8,15H,1-4,9-12H2,(H,19,21). The first-order valence-corrected chi connectivity index (χ1v) is 9.80. The van der Waals surface area contributed by atoms with Crippen molar-refractivity contribution in [1.29, 1.82) is 0 Å². The lowest BCUT2D eigenvalue weighted by Gasteiger charge is -2.18. The molecule has 1 aromatic rings. The van der Waals surface area contributed by atoms with Gasteiger partial charge in [0.1, 0.15) is 0 Å². The van der Waals surface area contributed by atoms with E-state index in [1.54, 1.807) is 11.8 Å². The smallest absolute Gasteiger partial charge is 0.227 e. The average Bonchev–Trinajstić information content (AvgIpc) is 3.32. The minimum absolute atomic E-state index is 0.215. The quantitative estimate of drug-likeness (QED) is 0.897. The van der Waals surface area contributed by atoms with Gasteiger partial charge in [0.15, 0.2) is 5.17 Å². The van der Waals surface area contributed by atoms with Crippen LogP contribution in [0.1, 0.15) is 31.2 Å². The molecular formula is C18H22N4O2S. The van der Waals surface area contributed by atoms with Gasteiger partial charge in [0.05, 0.1) is 18.4 Å². The molecular weight excluding hydrogens is 336 g/mol. The Balaban J connectivity index is 1.37. The summed E-state index contributed by atoms with van der Waals surface area (Å²) in [4.78, 5) is 18.2. The lowest BCUT2D eigenvalue weighted by molar-refractivity contribution is -0.117. The van der Waals surface area contributed by atoms with Gasteiger partial charge in [-0.25, -0.2) is 0 Å². The summed E-state index contributed by atoms with van der Waals surface area (Å²) in [5, 5.41) is 5.32. The Hall–Kier alpha value is -1.86. The van der Waals surface area contributed by atoms with E-state index >= 15 is 0 Å². The number of hydrazone groups is 1. The molecule has 0 bridgehead atoms. The number of amidine groups is 1. The molecule has 2 fully saturated rings. The van der Waals surface area contributed by atoms with Gasteiger partial charge in [-0.2, -0.15) is 5.10 Å². The van der Waals surface area contributed by atoms with Crippen LogP contribution in [0.2, 0.25) is 0 Å². The number of benzene rings is 1. The van der Waals surface area contributed by atoms with Crippen molar-refractivity contribution in [2.45, 2.75) is 31.8 Å². The van der Waals surface area contributed by atoms with Gasteiger partial charge in [0.2, 0.25) is 5.91 Å². The normalized spacial score (nSPS) is 25.4. The van der Waals surface area contributed by atoms with Crippen molar-refractivity contribution in [2.24, 2.45) is 10.1 Å². The number of amides is 1. The molecule has 3 heterocycles. The van der Waals surface area contributed by atoms with Gasteiger partial charge >= 0.3 is 0 Å². The molecule has 7 heteroatoms. The molecule has 1 unspecified atom stereocenters. The van der Waals surface area contributed by atoms with E-state index < -0.39 is 0 Å². The Morgan fingerprint density at radius 3 is 2.84 bits per heavy atom. The predicted octanol–water partition coefficient (Wildman–Crippen LogP) is 2.39. The highest BCUT2D eigenvalue weighted by atomic mass is 32.2. The van der Waals surface area contributed by atoms with Gasteiger partial charge in [-0.05, 0) is 37.0 Å². The minimum Gasteiger partial charge on any atom is -0.376 e. The van der Waals surface area contributed by atoms with E-state index in [1.165, 1.54) is 0 Å². The molecule has 0 saturated carbocycles. The third-order valence-electron chi connectivity index (χ3n) is 4.68. The Kier molecular flexibility index (Phi) is 5.03. The fourth-order valence-electron chi connectivity index (χ4n) is 3.27. The summed E-state index contributed by atoms with van der Waals surface area (Å²) >= 11 is 1.67. The number of hydrogen-bond acceptors (Lipinski definition) is 5. The SMILES string of the molecule is O=C1CCCN1c1ccc(C2=NNC(=NCC3CCCO3)SC2)cc1. The number of carbonyl (C=O) groups is 1. The first-order chi connectivity index (χ1) is 12.3. The number of thioether (sulfide) groups is 1. The number of anilines is 1. The highest BCUT2D eigenvalue weighted by Gasteiger charge is 2.22. The van der Waals surface area contributed by atoms with Crippen LogP contribution in [-0.4, -0.2) is 48.3 Å². The summed E-state index contributed by atoms with van der Waals surface area (Å²) in [5.41, 5.74) is 6.10. The second kappa shape index (κ2) is 7.58. The number of ether oxygens (including phenoxy) is 1. The summed E-state index contributed by atoms with van der Waals surface area (Å²) in [6.07, 6.45) is 4.10. The number of aliphatic imine (C=N–C) groups is 1. The Morgan fingerprint density at radius 2 is 2.20 bits per heavy atom. The molecule has 1 amide bonds. The molecule has 132 valence electrons. The van der Waals surface area contributed by atoms with Crippen molar-refractivity contribution in [3.05, 3.63) is 29.8 Å². The molecule has 1 N–H and O–H groups in total. The predicted molar refractivity (Wildman–Crippen MR) is 101 cm³/mol. The third kappa shape index (κ3) is 3.88. The van der Waals surface area contributed by atoms with Crippen molar-refractivity contribution in [3.8, 4) is 0 Å². The van der Waals surface area contributed by atoms with E-state index in [1.807, 2.05) is 29.2 Å². The molecule has 3 aliphatic rings. The van der Waals surface area contributed by atoms with Crippen LogP contribution in [0.3, 0.4) is 0 Å². The van der Waals surface area contributed by atoms with Crippen LogP contribution in [0.25, 0.3) is 0 Å². The largest absolute Gasteiger partial charge is 0.376 e. The Morgan fingerprint density at radius 1 is 1.32 bits per heavy atom. The molecule has 4 rings (SSSR count). The van der Waals surface area contributed by atoms with Crippen molar-refractivity contribution in [1.82, 2.24) is 5.43 Å². The lowest BCUT2D eigenvalue weighted by Crippen LogP contribution is -2.27. The average molecular weight is 358 g/mol. The molecule has 2 saturated heterocycles. The fraction of sp³-hybridized carbons (Fsp3) is 0.500. The van der Waals surface area contributed by atoms with Crippen molar-refractivity contribution in [3.63, 3.8) is 0 Å². The third-order valence-corrected chi connectivity index (χ3v) is 5.59. The molecule has 0 radical (unpaired) electrons. The summed E-state index contributed by atoms with van der Waals surface area (Å²) in [7, 11) is 0. The first-order valence-electron chi connectivity index (χ1n) is 8.82. The zero-order chi connectivity index (χ0) is 17.1. The van der Waals surface area contributed by atoms with Crippen LogP contribution < -0.4 is 10.3 Å². The minimum atomic E-state index is 0.215. The monoisotopic (exact) mass is 358 g/mol. The van der Waals surface area contributed by atoms with Gasteiger partial charge < -0.3 is 9.64 Å². The molecule has 6 nitrogen and oxygen atoms in total. The van der Waals surface area contributed by atoms with Crippen LogP contribution in [-0.2, 0) is 9.53 Å². The molecule has 0 spiro atoms. The number of carbonyl (C=O) groups excluding carboxylic acids is 1. The number of rotatable bonds is 4. The molecule has 25 heavy (non-hydrogen) atoms. The van der Waals surface area contributed by atoms with E-state index in [0.29, 0.717) is 13.0 Å². The van der Waals surface area contributed by atoms with E-state index in [2.05, 4.69) is 15.5 Å². The van der Waals surface area contributed by atoms with Crippen molar-refractivity contribution >= 4 is 34.2 Å². The van der Waals surface area contributed by atoms with E-state index in [0.717, 1.165) is 60.3 Å². The lowest BCUT2D eigenvalue weighted by atomic mass is 10.1. The highest BCUT2D eigenvalue weighted by Crippen LogP contribution is 2.23. The molecule has 1 aromatic carbocycles. The van der Waals surface area contributed by atoms with Crippen LogP contribution >= 0.6 is 11.8 Å². The number of nitrogens with one attached hydrogen (secondary N) is 1. The zero-order valence-electron chi connectivity index (χ0n) is 14.1. The van der Waals surface area contributed by atoms with E-state index in [-0.39, 0.29) is 12.0 Å². The van der Waals surface area contributed by atoms with Gasteiger partial charge in [0, 0.05) is 31.0 Å². The van der Waals surface area contributed by atoms with Crippen molar-refractivity contribution in [2.75, 3.05) is 30.3 Å². The maximum absolute atomic E-state index is 11.8.